The highest BCUT2D eigenvalue weighted by atomic mass is 32.1. The second kappa shape index (κ2) is 8.63. The number of aromatic nitrogens is 1. The number of carbonyl (C=O) groups excluding carboxylic acids is 1. The Hall–Kier alpha value is -2.90. The van der Waals surface area contributed by atoms with Gasteiger partial charge in [-0.2, -0.15) is 0 Å². The van der Waals surface area contributed by atoms with Crippen molar-refractivity contribution in [2.24, 2.45) is 0 Å². The zero-order valence-electron chi connectivity index (χ0n) is 16.0. The number of amides is 1. The second-order valence-corrected chi connectivity index (χ2v) is 7.97. The van der Waals surface area contributed by atoms with Gasteiger partial charge in [0, 0.05) is 6.54 Å². The number of ether oxygens (including phenoxy) is 2. The van der Waals surface area contributed by atoms with Crippen LogP contribution in [0.5, 0.6) is 16.7 Å². The van der Waals surface area contributed by atoms with E-state index < -0.39 is 6.10 Å². The van der Waals surface area contributed by atoms with E-state index in [1.54, 1.807) is 6.92 Å². The maximum absolute atomic E-state index is 12.0. The van der Waals surface area contributed by atoms with Crippen LogP contribution in [-0.2, 0) is 6.42 Å². The minimum Gasteiger partial charge on any atom is -0.485 e. The quantitative estimate of drug-likeness (QED) is 0.639. The number of hydrogen-bond donors (Lipinski definition) is 2. The molecule has 4 rings (SSSR count). The number of benzene rings is 2. The minimum atomic E-state index is -0.596. The first-order chi connectivity index (χ1) is 14.1. The van der Waals surface area contributed by atoms with Crippen molar-refractivity contribution < 1.29 is 19.4 Å². The van der Waals surface area contributed by atoms with E-state index in [1.165, 1.54) is 11.8 Å². The molecule has 2 aromatic carbocycles. The van der Waals surface area contributed by atoms with Crippen molar-refractivity contribution in [3.63, 3.8) is 0 Å². The Kier molecular flexibility index (Phi) is 5.78. The Morgan fingerprint density at radius 2 is 2.17 bits per heavy atom. The van der Waals surface area contributed by atoms with Crippen LogP contribution in [0, 0.1) is 0 Å². The molecule has 1 aliphatic rings. The normalized spacial score (nSPS) is 16.4. The van der Waals surface area contributed by atoms with Crippen molar-refractivity contribution in [1.29, 1.82) is 0 Å². The molecule has 2 unspecified atom stereocenters. The summed E-state index contributed by atoms with van der Waals surface area (Å²) in [7, 11) is 0. The van der Waals surface area contributed by atoms with E-state index in [0.29, 0.717) is 15.8 Å². The first-order valence-electron chi connectivity index (χ1n) is 9.53. The highest BCUT2D eigenvalue weighted by molar-refractivity contribution is 7.15. The van der Waals surface area contributed by atoms with Gasteiger partial charge in [0.1, 0.15) is 22.5 Å². The van der Waals surface area contributed by atoms with Crippen LogP contribution in [0.2, 0.25) is 0 Å². The number of nitrogens with one attached hydrogen (secondary N) is 1. The van der Waals surface area contributed by atoms with Crippen molar-refractivity contribution >= 4 is 17.2 Å². The van der Waals surface area contributed by atoms with Gasteiger partial charge in [0.25, 0.3) is 11.1 Å². The number of aliphatic hydroxyl groups is 1. The van der Waals surface area contributed by atoms with Gasteiger partial charge in [-0.15, -0.1) is 0 Å². The molecule has 1 amide bonds. The van der Waals surface area contributed by atoms with Crippen molar-refractivity contribution in [1.82, 2.24) is 10.3 Å². The topological polar surface area (TPSA) is 80.7 Å². The van der Waals surface area contributed by atoms with Gasteiger partial charge in [0.2, 0.25) is 0 Å². The first kappa shape index (κ1) is 19.4. The molecular weight excluding hydrogens is 388 g/mol. The smallest absolute Gasteiger partial charge is 0.279 e. The molecule has 0 spiro atoms. The second-order valence-electron chi connectivity index (χ2n) is 6.98. The summed E-state index contributed by atoms with van der Waals surface area (Å²) in [6, 6.07) is 16.0. The van der Waals surface area contributed by atoms with Gasteiger partial charge in [0.15, 0.2) is 0 Å². The molecular formula is C22H22N2O4S. The third-order valence-electron chi connectivity index (χ3n) is 4.62. The molecule has 3 aromatic rings. The van der Waals surface area contributed by atoms with Gasteiger partial charge in [-0.25, -0.2) is 4.98 Å². The largest absolute Gasteiger partial charge is 0.485 e. The maximum Gasteiger partial charge on any atom is 0.279 e. The predicted octanol–water partition coefficient (Wildman–Crippen LogP) is 4.11. The molecule has 6 nitrogen and oxygen atoms in total. The van der Waals surface area contributed by atoms with E-state index in [9.17, 15) is 9.90 Å². The molecule has 1 aliphatic heterocycles. The molecule has 0 saturated carbocycles. The van der Waals surface area contributed by atoms with Crippen molar-refractivity contribution in [3.8, 4) is 16.7 Å². The molecule has 0 fully saturated rings. The molecule has 0 saturated heterocycles. The van der Waals surface area contributed by atoms with Crippen LogP contribution >= 0.6 is 11.3 Å². The number of carbonyl (C=O) groups is 1. The summed E-state index contributed by atoms with van der Waals surface area (Å²) in [5.41, 5.74) is 2.28. The number of rotatable bonds is 6. The van der Waals surface area contributed by atoms with Gasteiger partial charge in [-0.3, -0.25) is 4.79 Å². The standard InChI is InChI=1S/C22H22N2O4S/c1-14(25)12-23-21(26)20-13-24-22(29-20)27-17-8-10-19-16(11-17)7-9-18(28-19)15-5-3-2-4-6-15/h2-6,8,10-11,13-14,18,25H,7,9,12H2,1H3,(H,23,26). The summed E-state index contributed by atoms with van der Waals surface area (Å²) >= 11 is 1.16. The van der Waals surface area contributed by atoms with E-state index >= 15 is 0 Å². The average Bonchev–Trinajstić information content (AvgIpc) is 3.21. The molecule has 2 atom stereocenters. The number of nitrogens with zero attached hydrogens (tertiary/aromatic N) is 1. The summed E-state index contributed by atoms with van der Waals surface area (Å²) in [4.78, 5) is 16.6. The van der Waals surface area contributed by atoms with Crippen LogP contribution in [0.25, 0.3) is 0 Å². The van der Waals surface area contributed by atoms with Gasteiger partial charge >= 0.3 is 0 Å². The maximum atomic E-state index is 12.0. The summed E-state index contributed by atoms with van der Waals surface area (Å²) < 4.78 is 12.0. The van der Waals surface area contributed by atoms with E-state index in [4.69, 9.17) is 9.47 Å². The number of hydrogen-bond acceptors (Lipinski definition) is 6. The van der Waals surface area contributed by atoms with Gasteiger partial charge in [-0.1, -0.05) is 41.7 Å². The number of thiazole rings is 1. The molecule has 2 heterocycles. The Bertz CT molecular complexity index is 987. The monoisotopic (exact) mass is 410 g/mol. The van der Waals surface area contributed by atoms with Crippen LogP contribution in [0.1, 0.15) is 40.2 Å². The lowest BCUT2D eigenvalue weighted by atomic mass is 9.97. The number of fused-ring (bicyclic) bond motifs is 1. The SMILES string of the molecule is CC(O)CNC(=O)c1cnc(Oc2ccc3c(c2)CCC(c2ccccc2)O3)s1. The van der Waals surface area contributed by atoms with Gasteiger partial charge in [-0.05, 0) is 49.1 Å². The summed E-state index contributed by atoms with van der Waals surface area (Å²) in [6.45, 7) is 1.81. The lowest BCUT2D eigenvalue weighted by Gasteiger charge is -2.26. The zero-order chi connectivity index (χ0) is 20.2. The van der Waals surface area contributed by atoms with Crippen molar-refractivity contribution in [2.75, 3.05) is 6.54 Å². The Labute approximate surface area is 173 Å². The molecule has 0 bridgehead atoms. The first-order valence-corrected chi connectivity index (χ1v) is 10.3. The van der Waals surface area contributed by atoms with Crippen LogP contribution in [-0.4, -0.2) is 28.6 Å². The van der Waals surface area contributed by atoms with E-state index in [2.05, 4.69) is 22.4 Å². The number of aliphatic hydroxyl groups excluding tert-OH is 1. The summed E-state index contributed by atoms with van der Waals surface area (Å²) in [5.74, 6) is 1.26. The molecule has 2 N–H and O–H groups in total. The molecule has 1 aromatic heterocycles. The van der Waals surface area contributed by atoms with E-state index in [1.807, 2.05) is 36.4 Å². The fraction of sp³-hybridized carbons (Fsp3) is 0.273. The van der Waals surface area contributed by atoms with Crippen LogP contribution in [0.15, 0.2) is 54.7 Å². The fourth-order valence-electron chi connectivity index (χ4n) is 3.17. The van der Waals surface area contributed by atoms with Crippen LogP contribution < -0.4 is 14.8 Å². The van der Waals surface area contributed by atoms with Crippen molar-refractivity contribution in [3.05, 3.63) is 70.7 Å². The predicted molar refractivity (Wildman–Crippen MR) is 111 cm³/mol. The van der Waals surface area contributed by atoms with Gasteiger partial charge in [0.05, 0.1) is 12.3 Å². The minimum absolute atomic E-state index is 0.0668. The molecule has 0 aliphatic carbocycles. The lowest BCUT2D eigenvalue weighted by Crippen LogP contribution is -2.29. The lowest BCUT2D eigenvalue weighted by molar-refractivity contribution is 0.0928. The molecule has 0 radical (unpaired) electrons. The van der Waals surface area contributed by atoms with E-state index in [0.717, 1.165) is 35.5 Å². The average molecular weight is 410 g/mol. The van der Waals surface area contributed by atoms with Crippen LogP contribution in [0.3, 0.4) is 0 Å². The number of aryl methyl sites for hydroxylation is 1. The molecule has 29 heavy (non-hydrogen) atoms. The highest BCUT2D eigenvalue weighted by Crippen LogP contribution is 2.37. The van der Waals surface area contributed by atoms with Crippen LogP contribution in [0.4, 0.5) is 0 Å². The zero-order valence-corrected chi connectivity index (χ0v) is 16.8. The van der Waals surface area contributed by atoms with E-state index in [-0.39, 0.29) is 18.6 Å². The Morgan fingerprint density at radius 1 is 1.34 bits per heavy atom. The van der Waals surface area contributed by atoms with Crippen molar-refractivity contribution in [2.45, 2.75) is 32.0 Å². The summed E-state index contributed by atoms with van der Waals surface area (Å²) in [5, 5.41) is 12.3. The third-order valence-corrected chi connectivity index (χ3v) is 5.49. The Balaban J connectivity index is 1.41. The third kappa shape index (κ3) is 4.75. The van der Waals surface area contributed by atoms with Gasteiger partial charge < -0.3 is 19.9 Å². The molecule has 7 heteroatoms. The Morgan fingerprint density at radius 3 is 2.97 bits per heavy atom. The summed E-state index contributed by atoms with van der Waals surface area (Å²) in [6.07, 6.45) is 2.75. The molecule has 150 valence electrons. The fourth-order valence-corrected chi connectivity index (χ4v) is 3.87. The highest BCUT2D eigenvalue weighted by Gasteiger charge is 2.22.